The number of aryl methyl sites for hydroxylation is 2. The van der Waals surface area contributed by atoms with Gasteiger partial charge in [-0.25, -0.2) is 4.98 Å². The Hall–Kier alpha value is -2.06. The highest BCUT2D eigenvalue weighted by Gasteiger charge is 2.19. The van der Waals surface area contributed by atoms with Crippen molar-refractivity contribution in [3.05, 3.63) is 51.7 Å². The zero-order valence-electron chi connectivity index (χ0n) is 11.7. The van der Waals surface area contributed by atoms with Gasteiger partial charge in [0.2, 0.25) is 0 Å². The third-order valence-corrected chi connectivity index (χ3v) is 3.84. The SMILES string of the molecule is CCc1ccc(COS(=O)(=O)c2nc(C)cc(=O)[nH]2)nc1. The van der Waals surface area contributed by atoms with E-state index in [9.17, 15) is 13.2 Å². The average Bonchev–Trinajstić information content (AvgIpc) is 2.45. The van der Waals surface area contributed by atoms with E-state index in [4.69, 9.17) is 4.18 Å². The molecule has 8 heteroatoms. The number of aromatic amines is 1. The lowest BCUT2D eigenvalue weighted by molar-refractivity contribution is 0.299. The van der Waals surface area contributed by atoms with E-state index in [0.29, 0.717) is 11.4 Å². The summed E-state index contributed by atoms with van der Waals surface area (Å²) >= 11 is 0. The van der Waals surface area contributed by atoms with E-state index in [1.807, 2.05) is 13.0 Å². The Morgan fingerprint density at radius 3 is 2.67 bits per heavy atom. The van der Waals surface area contributed by atoms with Crippen LogP contribution in [0.4, 0.5) is 0 Å². The lowest BCUT2D eigenvalue weighted by atomic mass is 10.2. The molecule has 2 heterocycles. The predicted octanol–water partition coefficient (Wildman–Crippen LogP) is 0.941. The number of aromatic nitrogens is 3. The molecule has 1 N–H and O–H groups in total. The molecule has 0 amide bonds. The zero-order chi connectivity index (χ0) is 15.5. The highest BCUT2D eigenvalue weighted by Crippen LogP contribution is 2.09. The normalized spacial score (nSPS) is 11.5. The standard InChI is InChI=1S/C13H15N3O4S/c1-3-10-4-5-11(14-7-10)8-20-21(18,19)13-15-9(2)6-12(17)16-13/h4-7H,3,8H2,1-2H3,(H,15,16,17). The Bertz CT molecular complexity index is 782. The van der Waals surface area contributed by atoms with E-state index in [0.717, 1.165) is 12.0 Å². The largest absolute Gasteiger partial charge is 0.331 e. The highest BCUT2D eigenvalue weighted by atomic mass is 32.2. The molecule has 112 valence electrons. The zero-order valence-corrected chi connectivity index (χ0v) is 12.5. The van der Waals surface area contributed by atoms with Gasteiger partial charge >= 0.3 is 10.1 Å². The first-order valence-corrected chi connectivity index (χ1v) is 7.73. The van der Waals surface area contributed by atoms with Gasteiger partial charge in [-0.1, -0.05) is 13.0 Å². The van der Waals surface area contributed by atoms with Gasteiger partial charge in [0.25, 0.3) is 10.7 Å². The van der Waals surface area contributed by atoms with Crippen molar-refractivity contribution in [3.8, 4) is 0 Å². The maximum atomic E-state index is 12.0. The summed E-state index contributed by atoms with van der Waals surface area (Å²) in [6.07, 6.45) is 2.51. The van der Waals surface area contributed by atoms with E-state index in [1.165, 1.54) is 13.0 Å². The average molecular weight is 309 g/mol. The molecule has 0 atom stereocenters. The quantitative estimate of drug-likeness (QED) is 0.651. The second-order valence-electron chi connectivity index (χ2n) is 4.42. The van der Waals surface area contributed by atoms with Gasteiger partial charge in [0.15, 0.2) is 0 Å². The van der Waals surface area contributed by atoms with Crippen LogP contribution in [0.25, 0.3) is 0 Å². The minimum Gasteiger partial charge on any atom is -0.295 e. The van der Waals surface area contributed by atoms with Crippen LogP contribution < -0.4 is 5.56 Å². The monoisotopic (exact) mass is 309 g/mol. The van der Waals surface area contributed by atoms with Gasteiger partial charge in [-0.05, 0) is 25.0 Å². The van der Waals surface area contributed by atoms with E-state index < -0.39 is 20.8 Å². The second-order valence-corrected chi connectivity index (χ2v) is 5.95. The van der Waals surface area contributed by atoms with E-state index >= 15 is 0 Å². The van der Waals surface area contributed by atoms with Crippen molar-refractivity contribution in [1.29, 1.82) is 0 Å². The van der Waals surface area contributed by atoms with Gasteiger partial charge in [0.1, 0.15) is 6.61 Å². The first-order chi connectivity index (χ1) is 9.90. The summed E-state index contributed by atoms with van der Waals surface area (Å²) in [5.41, 5.74) is 1.28. The maximum absolute atomic E-state index is 12.0. The van der Waals surface area contributed by atoms with E-state index in [1.54, 1.807) is 12.3 Å². The Morgan fingerprint density at radius 2 is 2.10 bits per heavy atom. The number of pyridine rings is 1. The van der Waals surface area contributed by atoms with Gasteiger partial charge in [-0.2, -0.15) is 8.42 Å². The van der Waals surface area contributed by atoms with Gasteiger partial charge in [-0.3, -0.25) is 18.9 Å². The molecule has 0 aliphatic heterocycles. The van der Waals surface area contributed by atoms with Crippen molar-refractivity contribution in [3.63, 3.8) is 0 Å². The summed E-state index contributed by atoms with van der Waals surface area (Å²) in [5.74, 6) is 0. The molecule has 0 saturated carbocycles. The molecule has 21 heavy (non-hydrogen) atoms. The minimum absolute atomic E-state index is 0.218. The number of nitrogens with one attached hydrogen (secondary N) is 1. The van der Waals surface area contributed by atoms with Crippen molar-refractivity contribution in [2.75, 3.05) is 0 Å². The fraction of sp³-hybridized carbons (Fsp3) is 0.308. The fourth-order valence-electron chi connectivity index (χ4n) is 1.61. The first-order valence-electron chi connectivity index (χ1n) is 6.32. The molecule has 0 aliphatic carbocycles. The van der Waals surface area contributed by atoms with Crippen molar-refractivity contribution < 1.29 is 12.6 Å². The van der Waals surface area contributed by atoms with Crippen LogP contribution in [0.2, 0.25) is 0 Å². The van der Waals surface area contributed by atoms with E-state index in [-0.39, 0.29) is 6.61 Å². The summed E-state index contributed by atoms with van der Waals surface area (Å²) < 4.78 is 28.8. The molecule has 2 aromatic heterocycles. The molecular weight excluding hydrogens is 294 g/mol. The van der Waals surface area contributed by atoms with Crippen molar-refractivity contribution in [1.82, 2.24) is 15.0 Å². The Labute approximate surface area is 122 Å². The van der Waals surface area contributed by atoms with Crippen molar-refractivity contribution in [2.24, 2.45) is 0 Å². The molecule has 0 radical (unpaired) electrons. The molecule has 2 rings (SSSR count). The Morgan fingerprint density at radius 1 is 1.33 bits per heavy atom. The van der Waals surface area contributed by atoms with Crippen molar-refractivity contribution >= 4 is 10.1 Å². The summed E-state index contributed by atoms with van der Waals surface area (Å²) in [5, 5.41) is -0.502. The van der Waals surface area contributed by atoms with Gasteiger partial charge in [0.05, 0.1) is 5.69 Å². The molecular formula is C13H15N3O4S. The van der Waals surface area contributed by atoms with Crippen LogP contribution in [-0.4, -0.2) is 23.4 Å². The van der Waals surface area contributed by atoms with Crippen molar-refractivity contribution in [2.45, 2.75) is 32.0 Å². The fourth-order valence-corrected chi connectivity index (χ4v) is 2.48. The summed E-state index contributed by atoms with van der Waals surface area (Å²) in [6.45, 7) is 3.31. The Balaban J connectivity index is 2.15. The van der Waals surface area contributed by atoms with Crippen LogP contribution in [-0.2, 0) is 27.3 Å². The van der Waals surface area contributed by atoms with E-state index in [2.05, 4.69) is 15.0 Å². The van der Waals surface area contributed by atoms with Crippen LogP contribution in [0.5, 0.6) is 0 Å². The molecule has 7 nitrogen and oxygen atoms in total. The maximum Gasteiger partial charge on any atom is 0.331 e. The lowest BCUT2D eigenvalue weighted by Crippen LogP contribution is -2.17. The molecule has 0 saturated heterocycles. The van der Waals surface area contributed by atoms with Gasteiger partial charge in [-0.15, -0.1) is 0 Å². The summed E-state index contributed by atoms with van der Waals surface area (Å²) in [6, 6.07) is 4.75. The number of rotatable bonds is 5. The smallest absolute Gasteiger partial charge is 0.295 e. The lowest BCUT2D eigenvalue weighted by Gasteiger charge is -2.05. The predicted molar refractivity (Wildman–Crippen MR) is 75.2 cm³/mol. The number of nitrogens with zero attached hydrogens (tertiary/aromatic N) is 2. The number of hydrogen-bond donors (Lipinski definition) is 1. The van der Waals surface area contributed by atoms with Crippen LogP contribution in [0, 0.1) is 6.92 Å². The summed E-state index contributed by atoms with van der Waals surface area (Å²) in [7, 11) is -4.13. The van der Waals surface area contributed by atoms with Gasteiger partial charge in [0, 0.05) is 18.0 Å². The molecule has 2 aromatic rings. The first kappa shape index (κ1) is 15.3. The van der Waals surface area contributed by atoms with Crippen LogP contribution >= 0.6 is 0 Å². The second kappa shape index (κ2) is 6.15. The minimum atomic E-state index is -4.13. The molecule has 0 aromatic carbocycles. The molecule has 0 fully saturated rings. The van der Waals surface area contributed by atoms with Crippen LogP contribution in [0.15, 0.2) is 34.3 Å². The number of H-pyrrole nitrogens is 1. The third kappa shape index (κ3) is 3.96. The van der Waals surface area contributed by atoms with Crippen LogP contribution in [0.1, 0.15) is 23.9 Å². The Kier molecular flexibility index (Phi) is 4.49. The molecule has 0 unspecified atom stereocenters. The molecule has 0 bridgehead atoms. The summed E-state index contributed by atoms with van der Waals surface area (Å²) in [4.78, 5) is 21.3. The third-order valence-electron chi connectivity index (χ3n) is 2.74. The molecule has 0 aliphatic rings. The highest BCUT2D eigenvalue weighted by molar-refractivity contribution is 7.86. The van der Waals surface area contributed by atoms with Crippen LogP contribution in [0.3, 0.4) is 0 Å². The molecule has 0 spiro atoms. The topological polar surface area (TPSA) is 102 Å². The number of hydrogen-bond acceptors (Lipinski definition) is 6. The van der Waals surface area contributed by atoms with Gasteiger partial charge < -0.3 is 0 Å².